The van der Waals surface area contributed by atoms with Crippen molar-refractivity contribution in [3.8, 4) is 22.9 Å². The molecule has 2 aromatic heterocycles. The van der Waals surface area contributed by atoms with Gasteiger partial charge in [-0.05, 0) is 164 Å². The number of nitrogens with zero attached hydrogens (tertiary/aromatic N) is 2. The molecule has 1 N–H and O–H groups in total. The fourth-order valence-electron chi connectivity index (χ4n) is 8.22. The van der Waals surface area contributed by atoms with Crippen LogP contribution in [-0.4, -0.2) is 44.8 Å². The van der Waals surface area contributed by atoms with Gasteiger partial charge in [-0.3, -0.25) is 9.59 Å². The van der Waals surface area contributed by atoms with Gasteiger partial charge in [-0.15, -0.1) is 0 Å². The maximum atomic E-state index is 12.6. The Morgan fingerprint density at radius 1 is 0.629 bits per heavy atom. The van der Waals surface area contributed by atoms with Gasteiger partial charge in [0.05, 0.1) is 36.3 Å². The van der Waals surface area contributed by atoms with Crippen LogP contribution in [0.4, 0.5) is 0 Å². The molecular formula is C52H74N2O8. The van der Waals surface area contributed by atoms with Crippen LogP contribution in [0.3, 0.4) is 0 Å². The van der Waals surface area contributed by atoms with Gasteiger partial charge in [0.25, 0.3) is 0 Å². The van der Waals surface area contributed by atoms with E-state index in [9.17, 15) is 14.7 Å². The number of ether oxygens (including phenoxy) is 3. The van der Waals surface area contributed by atoms with Crippen molar-refractivity contribution >= 4 is 11.9 Å². The SMILES string of the molecule is Cc1ccc(-c2nc(COC3CCCC(CCC(C)(C)C(=O)O)C3)c(C)o2)cc1.Cc1ccc(-c2nc(COC3CCCC(CCC(C)(C)C(=O)OC(C)(C)C)C3)c(C)o2)cc1. The van der Waals surface area contributed by atoms with Crippen LogP contribution < -0.4 is 0 Å². The molecule has 0 saturated heterocycles. The number of hydrogen-bond acceptors (Lipinski definition) is 9. The minimum Gasteiger partial charge on any atom is -0.481 e. The van der Waals surface area contributed by atoms with E-state index >= 15 is 0 Å². The first-order chi connectivity index (χ1) is 29.2. The molecule has 2 aliphatic rings. The number of carbonyl (C=O) groups is 2. The summed E-state index contributed by atoms with van der Waals surface area (Å²) in [7, 11) is 0. The average Bonchev–Trinajstić information content (AvgIpc) is 3.79. The van der Waals surface area contributed by atoms with Crippen LogP contribution in [0.2, 0.25) is 0 Å². The second-order valence-electron chi connectivity index (χ2n) is 20.4. The van der Waals surface area contributed by atoms with Gasteiger partial charge in [-0.1, -0.05) is 61.1 Å². The van der Waals surface area contributed by atoms with Crippen molar-refractivity contribution in [3.05, 3.63) is 82.6 Å². The van der Waals surface area contributed by atoms with Gasteiger partial charge in [0.2, 0.25) is 11.8 Å². The molecule has 0 amide bonds. The zero-order chi connectivity index (χ0) is 45.2. The second-order valence-corrected chi connectivity index (χ2v) is 20.4. The van der Waals surface area contributed by atoms with E-state index in [0.717, 1.165) is 98.2 Å². The molecule has 2 fully saturated rings. The lowest BCUT2D eigenvalue weighted by Gasteiger charge is -2.32. The van der Waals surface area contributed by atoms with Crippen molar-refractivity contribution < 1.29 is 37.7 Å². The van der Waals surface area contributed by atoms with E-state index in [4.69, 9.17) is 23.0 Å². The maximum absolute atomic E-state index is 12.6. The summed E-state index contributed by atoms with van der Waals surface area (Å²) in [5, 5.41) is 9.32. The molecule has 0 aliphatic heterocycles. The summed E-state index contributed by atoms with van der Waals surface area (Å²) in [4.78, 5) is 33.2. The number of carbonyl (C=O) groups excluding carboxylic acids is 1. The molecule has 0 radical (unpaired) electrons. The van der Waals surface area contributed by atoms with Crippen molar-refractivity contribution in [1.82, 2.24) is 9.97 Å². The molecular weight excluding hydrogens is 781 g/mol. The van der Waals surface area contributed by atoms with Crippen LogP contribution in [0.1, 0.15) is 160 Å². The Hall–Kier alpha value is -4.28. The Kier molecular flexibility index (Phi) is 16.8. The van der Waals surface area contributed by atoms with E-state index in [1.54, 1.807) is 0 Å². The number of aryl methyl sites for hydroxylation is 4. The fraction of sp³-hybridized carbons (Fsp3) is 0.615. The van der Waals surface area contributed by atoms with Gasteiger partial charge in [0, 0.05) is 11.1 Å². The smallest absolute Gasteiger partial charge is 0.312 e. The molecule has 10 nitrogen and oxygen atoms in total. The van der Waals surface area contributed by atoms with Gasteiger partial charge < -0.3 is 28.2 Å². The first kappa shape index (κ1) is 48.7. The normalized spacial score (nSPS) is 19.7. The highest BCUT2D eigenvalue weighted by Gasteiger charge is 2.34. The first-order valence-electron chi connectivity index (χ1n) is 22.9. The number of rotatable bonds is 16. The molecule has 62 heavy (non-hydrogen) atoms. The topological polar surface area (TPSA) is 134 Å². The number of esters is 1. The lowest BCUT2D eigenvalue weighted by molar-refractivity contribution is -0.166. The number of carboxylic acid groups (broad SMARTS) is 1. The third-order valence-corrected chi connectivity index (χ3v) is 12.6. The average molecular weight is 855 g/mol. The van der Waals surface area contributed by atoms with Gasteiger partial charge in [-0.2, -0.15) is 0 Å². The van der Waals surface area contributed by atoms with Crippen molar-refractivity contribution in [2.75, 3.05) is 0 Å². The molecule has 0 bridgehead atoms. The standard InChI is InChI=1S/C28H41NO4.C24H33NO4/c1-19-11-13-22(14-12-19)25-29-24(20(2)32-25)18-31-23-10-8-9-21(17-23)15-16-28(6,7)26(30)33-27(3,4)5;1-16-8-10-19(11-9-16)22-25-21(17(2)29-22)15-28-20-7-5-6-18(14-20)12-13-24(3,4)23(26)27/h11-14,21,23H,8-10,15-18H2,1-7H3;8-11,18,20H,5-7,12-15H2,1-4H3,(H,26,27). The molecule has 4 unspecified atom stereocenters. The van der Waals surface area contributed by atoms with Gasteiger partial charge in [0.1, 0.15) is 28.5 Å². The zero-order valence-corrected chi connectivity index (χ0v) is 39.5. The molecule has 4 atom stereocenters. The molecule has 2 saturated carbocycles. The minimum absolute atomic E-state index is 0.107. The number of aromatic nitrogens is 2. The summed E-state index contributed by atoms with van der Waals surface area (Å²) < 4.78 is 29.8. The summed E-state index contributed by atoms with van der Waals surface area (Å²) in [5.41, 5.74) is 4.54. The third kappa shape index (κ3) is 14.6. The second kappa shape index (κ2) is 21.4. The monoisotopic (exact) mass is 855 g/mol. The Labute approximate surface area is 370 Å². The van der Waals surface area contributed by atoms with E-state index < -0.39 is 22.4 Å². The third-order valence-electron chi connectivity index (χ3n) is 12.6. The van der Waals surface area contributed by atoms with Crippen LogP contribution in [0.25, 0.3) is 22.9 Å². The number of aliphatic carboxylic acids is 1. The molecule has 2 aliphatic carbocycles. The quantitative estimate of drug-likeness (QED) is 0.109. The predicted octanol–water partition coefficient (Wildman–Crippen LogP) is 13.1. The van der Waals surface area contributed by atoms with Crippen LogP contribution in [0, 0.1) is 50.4 Å². The van der Waals surface area contributed by atoms with Gasteiger partial charge >= 0.3 is 11.9 Å². The van der Waals surface area contributed by atoms with Crippen molar-refractivity contribution in [1.29, 1.82) is 0 Å². The Bertz CT molecular complexity index is 2040. The van der Waals surface area contributed by atoms with E-state index in [-0.39, 0.29) is 18.2 Å². The Balaban J connectivity index is 0.000000236. The lowest BCUT2D eigenvalue weighted by atomic mass is 9.79. The lowest BCUT2D eigenvalue weighted by Crippen LogP contribution is -2.34. The van der Waals surface area contributed by atoms with Crippen LogP contribution in [0.15, 0.2) is 57.4 Å². The summed E-state index contributed by atoms with van der Waals surface area (Å²) in [5.74, 6) is 3.20. The van der Waals surface area contributed by atoms with E-state index in [2.05, 4.69) is 48.1 Å². The van der Waals surface area contributed by atoms with Crippen LogP contribution in [0.5, 0.6) is 0 Å². The highest BCUT2D eigenvalue weighted by molar-refractivity contribution is 5.76. The Morgan fingerprint density at radius 2 is 1.03 bits per heavy atom. The largest absolute Gasteiger partial charge is 0.481 e. The van der Waals surface area contributed by atoms with E-state index in [1.807, 2.05) is 86.6 Å². The highest BCUT2D eigenvalue weighted by Crippen LogP contribution is 2.37. The zero-order valence-electron chi connectivity index (χ0n) is 39.5. The summed E-state index contributed by atoms with van der Waals surface area (Å²) in [6, 6.07) is 16.4. The highest BCUT2D eigenvalue weighted by atomic mass is 16.6. The van der Waals surface area contributed by atoms with Crippen LogP contribution >= 0.6 is 0 Å². The van der Waals surface area contributed by atoms with Crippen molar-refractivity contribution in [3.63, 3.8) is 0 Å². The predicted molar refractivity (Wildman–Crippen MR) is 243 cm³/mol. The van der Waals surface area contributed by atoms with Gasteiger partial charge in [0.15, 0.2) is 0 Å². The molecule has 2 aromatic carbocycles. The number of oxazole rings is 2. The molecule has 6 rings (SSSR count). The fourth-order valence-corrected chi connectivity index (χ4v) is 8.22. The minimum atomic E-state index is -0.716. The summed E-state index contributed by atoms with van der Waals surface area (Å²) >= 11 is 0. The summed E-state index contributed by atoms with van der Waals surface area (Å²) in [6.07, 6.45) is 12.8. The van der Waals surface area contributed by atoms with Gasteiger partial charge in [-0.25, -0.2) is 9.97 Å². The van der Waals surface area contributed by atoms with Crippen molar-refractivity contribution in [2.45, 2.75) is 184 Å². The number of benzene rings is 2. The molecule has 4 aromatic rings. The maximum Gasteiger partial charge on any atom is 0.312 e. The Morgan fingerprint density at radius 3 is 1.42 bits per heavy atom. The summed E-state index contributed by atoms with van der Waals surface area (Å²) in [6.45, 7) is 22.3. The van der Waals surface area contributed by atoms with E-state index in [1.165, 1.54) is 17.5 Å². The van der Waals surface area contributed by atoms with E-state index in [0.29, 0.717) is 43.3 Å². The molecule has 0 spiro atoms. The van der Waals surface area contributed by atoms with Crippen molar-refractivity contribution in [2.24, 2.45) is 22.7 Å². The molecule has 10 heteroatoms. The van der Waals surface area contributed by atoms with Crippen LogP contribution in [-0.2, 0) is 37.0 Å². The number of hydrogen-bond donors (Lipinski definition) is 1. The molecule has 2 heterocycles. The first-order valence-corrected chi connectivity index (χ1v) is 22.9. The molecule has 340 valence electrons. The number of carboxylic acids is 1.